The number of nitrogens with one attached hydrogen (secondary N) is 1. The summed E-state index contributed by atoms with van der Waals surface area (Å²) < 4.78 is 23.3. The molecule has 1 amide bonds. The van der Waals surface area contributed by atoms with Crippen molar-refractivity contribution in [2.45, 2.75) is 70.9 Å². The normalized spacial score (nSPS) is 16.8. The van der Waals surface area contributed by atoms with E-state index in [-0.39, 0.29) is 24.8 Å². The van der Waals surface area contributed by atoms with Gasteiger partial charge in [0.05, 0.1) is 19.0 Å². The average Bonchev–Trinajstić information content (AvgIpc) is 3.42. The van der Waals surface area contributed by atoms with Crippen LogP contribution < -0.4 is 15.0 Å². The number of rotatable bonds is 13. The second-order valence-electron chi connectivity index (χ2n) is 8.43. The number of anilines is 1. The van der Waals surface area contributed by atoms with Gasteiger partial charge in [-0.25, -0.2) is 4.98 Å². The van der Waals surface area contributed by atoms with Crippen molar-refractivity contribution in [2.75, 3.05) is 31.3 Å². The molecule has 0 spiro atoms. The lowest BCUT2D eigenvalue weighted by Gasteiger charge is -2.21. The van der Waals surface area contributed by atoms with E-state index in [0.717, 1.165) is 44.5 Å². The summed E-state index contributed by atoms with van der Waals surface area (Å²) in [6, 6.07) is 3.58. The Morgan fingerprint density at radius 1 is 1.19 bits per heavy atom. The van der Waals surface area contributed by atoms with Gasteiger partial charge in [-0.05, 0) is 63.5 Å². The van der Waals surface area contributed by atoms with Crippen LogP contribution in [-0.4, -0.2) is 49.5 Å². The van der Waals surface area contributed by atoms with Crippen LogP contribution in [0.1, 0.15) is 75.2 Å². The molecule has 1 aliphatic heterocycles. The van der Waals surface area contributed by atoms with Gasteiger partial charge in [0.2, 0.25) is 5.88 Å². The number of hydrogen-bond donors (Lipinski definition) is 1. The highest BCUT2D eigenvalue weighted by molar-refractivity contribution is 5.93. The number of ether oxygens (including phenoxy) is 2. The molecule has 0 aromatic carbocycles. The van der Waals surface area contributed by atoms with Gasteiger partial charge in [-0.1, -0.05) is 12.8 Å². The van der Waals surface area contributed by atoms with E-state index >= 15 is 0 Å². The number of unbranched alkanes of at least 4 members (excludes halogenated alkanes) is 3. The van der Waals surface area contributed by atoms with E-state index in [4.69, 9.17) is 9.47 Å². The highest BCUT2D eigenvalue weighted by Crippen LogP contribution is 2.33. The zero-order valence-electron chi connectivity index (χ0n) is 18.4. The minimum absolute atomic E-state index is 0.239. The summed E-state index contributed by atoms with van der Waals surface area (Å²) in [6.45, 7) is 3.84. The Hall–Kier alpha value is -2.38. The average molecular weight is 436 g/mol. The van der Waals surface area contributed by atoms with E-state index in [1.54, 1.807) is 13.0 Å². The Morgan fingerprint density at radius 2 is 1.94 bits per heavy atom. The molecule has 2 fully saturated rings. The molecular weight excluding hydrogens is 401 g/mol. The minimum atomic E-state index is -0.762. The van der Waals surface area contributed by atoms with Crippen LogP contribution >= 0.6 is 0 Å². The number of carbonyl (C=O) groups excluding carboxylic acids is 2. The molecular formula is C23H34FN3O4. The maximum Gasteiger partial charge on any atom is 0.307 e. The van der Waals surface area contributed by atoms with E-state index in [1.807, 2.05) is 6.07 Å². The van der Waals surface area contributed by atoms with Crippen molar-refractivity contribution >= 4 is 17.6 Å². The van der Waals surface area contributed by atoms with Crippen molar-refractivity contribution in [3.63, 3.8) is 0 Å². The lowest BCUT2D eigenvalue weighted by atomic mass is 10.1. The fourth-order valence-corrected chi connectivity index (χ4v) is 3.61. The number of nitrogens with zero attached hydrogens (tertiary/aromatic N) is 2. The van der Waals surface area contributed by atoms with Gasteiger partial charge in [-0.15, -0.1) is 0 Å². The van der Waals surface area contributed by atoms with Gasteiger partial charge in [0.25, 0.3) is 5.91 Å². The number of pyridine rings is 1. The molecule has 8 heteroatoms. The first-order valence-corrected chi connectivity index (χ1v) is 11.5. The Bertz CT molecular complexity index is 736. The first-order chi connectivity index (χ1) is 15.1. The van der Waals surface area contributed by atoms with Crippen molar-refractivity contribution < 1.29 is 23.5 Å². The van der Waals surface area contributed by atoms with Crippen LogP contribution in [0, 0.1) is 5.92 Å². The molecule has 1 saturated carbocycles. The molecule has 1 aromatic rings. The summed E-state index contributed by atoms with van der Waals surface area (Å²) >= 11 is 0. The van der Waals surface area contributed by atoms with Crippen LogP contribution in [-0.2, 0) is 9.53 Å². The summed E-state index contributed by atoms with van der Waals surface area (Å²) in [5.74, 6) is 0.299. The van der Waals surface area contributed by atoms with Crippen LogP contribution in [0.25, 0.3) is 0 Å². The van der Waals surface area contributed by atoms with Gasteiger partial charge in [-0.3, -0.25) is 14.0 Å². The lowest BCUT2D eigenvalue weighted by molar-refractivity contribution is -0.149. The Balaban J connectivity index is 1.52. The molecule has 2 aliphatic rings. The molecule has 0 radical (unpaired) electrons. The van der Waals surface area contributed by atoms with Crippen LogP contribution in [0.2, 0.25) is 0 Å². The topological polar surface area (TPSA) is 80.8 Å². The van der Waals surface area contributed by atoms with Crippen molar-refractivity contribution in [2.24, 2.45) is 5.92 Å². The third kappa shape index (κ3) is 7.67. The number of esters is 1. The maximum atomic E-state index is 12.6. The van der Waals surface area contributed by atoms with Crippen molar-refractivity contribution in [1.29, 1.82) is 0 Å². The predicted octanol–water partition coefficient (Wildman–Crippen LogP) is 4.01. The standard InChI is InChI=1S/C23H34FN3O4/c1-17(31-21(28)8-4-2-3-5-13-24)25-22(29)19-11-12-20(27-14-6-7-15-27)23(26-19)30-16-18-9-10-18/h11-12,17-18H,2-10,13-16H2,1H3,(H,25,29). The molecule has 31 heavy (non-hydrogen) atoms. The van der Waals surface area contributed by atoms with Gasteiger partial charge in [0, 0.05) is 19.5 Å². The second-order valence-corrected chi connectivity index (χ2v) is 8.43. The highest BCUT2D eigenvalue weighted by atomic mass is 19.1. The number of halogens is 1. The lowest BCUT2D eigenvalue weighted by Crippen LogP contribution is -2.36. The number of amides is 1. The van der Waals surface area contributed by atoms with Crippen molar-refractivity contribution in [3.8, 4) is 5.88 Å². The zero-order valence-corrected chi connectivity index (χ0v) is 18.4. The van der Waals surface area contributed by atoms with Gasteiger partial charge in [0.1, 0.15) is 5.69 Å². The quantitative estimate of drug-likeness (QED) is 0.286. The Kier molecular flexibility index (Phi) is 8.91. The maximum absolute atomic E-state index is 12.6. The molecule has 1 unspecified atom stereocenters. The number of alkyl halides is 1. The molecule has 1 saturated heterocycles. The SMILES string of the molecule is CC(NC(=O)c1ccc(N2CCCC2)c(OCC2CC2)n1)OC(=O)CCCCCCF. The Morgan fingerprint density at radius 3 is 2.65 bits per heavy atom. The largest absolute Gasteiger partial charge is 0.476 e. The molecule has 1 N–H and O–H groups in total. The molecule has 3 rings (SSSR count). The monoisotopic (exact) mass is 435 g/mol. The Labute approximate surface area is 183 Å². The summed E-state index contributed by atoms with van der Waals surface area (Å²) in [5, 5.41) is 2.67. The van der Waals surface area contributed by atoms with Crippen LogP contribution in [0.4, 0.5) is 10.1 Å². The first-order valence-electron chi connectivity index (χ1n) is 11.5. The van der Waals surface area contributed by atoms with Crippen LogP contribution in [0.15, 0.2) is 12.1 Å². The molecule has 1 aromatic heterocycles. The predicted molar refractivity (Wildman–Crippen MR) is 116 cm³/mol. The third-order valence-electron chi connectivity index (χ3n) is 5.58. The fourth-order valence-electron chi connectivity index (χ4n) is 3.61. The van der Waals surface area contributed by atoms with E-state index in [9.17, 15) is 14.0 Å². The first kappa shape index (κ1) is 23.3. The van der Waals surface area contributed by atoms with Crippen molar-refractivity contribution in [3.05, 3.63) is 17.8 Å². The molecule has 0 bridgehead atoms. The van der Waals surface area contributed by atoms with Crippen LogP contribution in [0.3, 0.4) is 0 Å². The number of carbonyl (C=O) groups is 2. The molecule has 7 nitrogen and oxygen atoms in total. The van der Waals surface area contributed by atoms with E-state index < -0.39 is 12.1 Å². The van der Waals surface area contributed by atoms with E-state index in [1.165, 1.54) is 12.8 Å². The van der Waals surface area contributed by atoms with Gasteiger partial charge >= 0.3 is 5.97 Å². The zero-order chi connectivity index (χ0) is 22.1. The van der Waals surface area contributed by atoms with E-state index in [0.29, 0.717) is 31.2 Å². The second kappa shape index (κ2) is 11.9. The van der Waals surface area contributed by atoms with Crippen LogP contribution in [0.5, 0.6) is 5.88 Å². The number of aromatic nitrogens is 1. The molecule has 1 aliphatic carbocycles. The van der Waals surface area contributed by atoms with Gasteiger partial charge in [0.15, 0.2) is 6.23 Å². The van der Waals surface area contributed by atoms with Gasteiger partial charge in [-0.2, -0.15) is 0 Å². The number of hydrogen-bond acceptors (Lipinski definition) is 6. The summed E-state index contributed by atoms with van der Waals surface area (Å²) in [7, 11) is 0. The van der Waals surface area contributed by atoms with E-state index in [2.05, 4.69) is 15.2 Å². The highest BCUT2D eigenvalue weighted by Gasteiger charge is 2.25. The minimum Gasteiger partial charge on any atom is -0.476 e. The smallest absolute Gasteiger partial charge is 0.307 e. The summed E-state index contributed by atoms with van der Waals surface area (Å²) in [5.41, 5.74) is 1.17. The molecule has 1 atom stereocenters. The third-order valence-corrected chi connectivity index (χ3v) is 5.58. The van der Waals surface area contributed by atoms with Crippen molar-refractivity contribution in [1.82, 2.24) is 10.3 Å². The molecule has 2 heterocycles. The molecule has 172 valence electrons. The summed E-state index contributed by atoms with van der Waals surface area (Å²) in [4.78, 5) is 31.3. The summed E-state index contributed by atoms with van der Waals surface area (Å²) in [6.07, 6.45) is 6.87. The fraction of sp³-hybridized carbons (Fsp3) is 0.696. The van der Waals surface area contributed by atoms with Gasteiger partial charge < -0.3 is 19.7 Å².